The molecule has 20 heavy (non-hydrogen) atoms. The summed E-state index contributed by atoms with van der Waals surface area (Å²) >= 11 is 2.70. The molecule has 0 amide bonds. The molecule has 0 spiro atoms. The Morgan fingerprint density at radius 2 is 1.75 bits per heavy atom. The van der Waals surface area contributed by atoms with Crippen molar-refractivity contribution in [3.8, 4) is 0 Å². The van der Waals surface area contributed by atoms with Gasteiger partial charge in [0.05, 0.1) is 5.33 Å². The maximum atomic E-state index is 12.8. The van der Waals surface area contributed by atoms with Crippen LogP contribution in [-0.2, 0) is 14.3 Å². The Morgan fingerprint density at radius 3 is 2.05 bits per heavy atom. The summed E-state index contributed by atoms with van der Waals surface area (Å²) in [5.74, 6) is -2.46. The number of Topliss-reactive ketones (excluding diaryl/α,β-unsaturated/α-hetero) is 1. The first-order valence-corrected chi connectivity index (χ1v) is 6.17. The third-order valence-corrected chi connectivity index (χ3v) is 3.45. The van der Waals surface area contributed by atoms with Crippen LogP contribution in [0.25, 0.3) is 0 Å². The Labute approximate surface area is 117 Å². The van der Waals surface area contributed by atoms with E-state index in [1.54, 1.807) is 0 Å². The molecule has 0 N–H and O–H groups in total. The number of rotatable bonds is 3. The number of halogens is 7. The predicted molar refractivity (Wildman–Crippen MR) is 55.9 cm³/mol. The normalized spacial score (nSPS) is 23.8. The van der Waals surface area contributed by atoms with Crippen molar-refractivity contribution in [2.45, 2.75) is 30.5 Å². The van der Waals surface area contributed by atoms with Crippen molar-refractivity contribution >= 4 is 27.7 Å². The summed E-state index contributed by atoms with van der Waals surface area (Å²) in [6.07, 6.45) is -12.6. The molecule has 0 aromatic carbocycles. The molecule has 116 valence electrons. The van der Waals surface area contributed by atoms with E-state index in [0.717, 1.165) is 0 Å². The maximum absolute atomic E-state index is 12.8. The van der Waals surface area contributed by atoms with Gasteiger partial charge in [-0.25, -0.2) is 4.90 Å². The zero-order valence-electron chi connectivity index (χ0n) is 9.81. The zero-order chi connectivity index (χ0) is 15.9. The van der Waals surface area contributed by atoms with E-state index in [1.165, 1.54) is 0 Å². The highest BCUT2D eigenvalue weighted by molar-refractivity contribution is 9.09. The predicted octanol–water partition coefficient (Wildman–Crippen LogP) is 2.02. The number of hydrogen-bond acceptors (Lipinski definition) is 4. The molecule has 0 aromatic rings. The molecule has 1 saturated heterocycles. The number of carbonyl (C=O) groups excluding carboxylic acids is 2. The topological polar surface area (TPSA) is 46.6 Å². The van der Waals surface area contributed by atoms with Crippen LogP contribution in [0.1, 0.15) is 6.42 Å². The van der Waals surface area contributed by atoms with Gasteiger partial charge in [-0.2, -0.15) is 26.3 Å². The van der Waals surface area contributed by atoms with Crippen LogP contribution in [0.5, 0.6) is 0 Å². The average molecular weight is 372 g/mol. The van der Waals surface area contributed by atoms with Crippen LogP contribution in [0.3, 0.4) is 0 Å². The Kier molecular flexibility index (Phi) is 4.45. The lowest BCUT2D eigenvalue weighted by molar-refractivity contribution is -0.398. The Bertz CT molecular complexity index is 407. The van der Waals surface area contributed by atoms with Gasteiger partial charge in [-0.15, -0.1) is 0 Å². The third kappa shape index (κ3) is 2.52. The highest BCUT2D eigenvalue weighted by Crippen LogP contribution is 2.51. The number of esters is 1. The van der Waals surface area contributed by atoms with E-state index < -0.39 is 42.3 Å². The van der Waals surface area contributed by atoms with Gasteiger partial charge >= 0.3 is 24.0 Å². The molecule has 1 aliphatic rings. The summed E-state index contributed by atoms with van der Waals surface area (Å²) < 4.78 is 80.4. The highest BCUT2D eigenvalue weighted by Gasteiger charge is 2.81. The molecule has 1 heterocycles. The molecule has 1 atom stereocenters. The highest BCUT2D eigenvalue weighted by atomic mass is 79.9. The minimum absolute atomic E-state index is 0.296. The molecule has 0 saturated carbocycles. The summed E-state index contributed by atoms with van der Waals surface area (Å²) in [7, 11) is 0.443. The molecule has 1 fully saturated rings. The first-order chi connectivity index (χ1) is 8.88. The van der Waals surface area contributed by atoms with Crippen LogP contribution >= 0.6 is 15.9 Å². The van der Waals surface area contributed by atoms with Gasteiger partial charge in [0, 0.05) is 6.42 Å². The number of alkyl halides is 7. The molecular weight excluding hydrogens is 364 g/mol. The number of likely N-dealkylation sites (N-methyl/N-ethyl adjacent to an activating group) is 1. The van der Waals surface area contributed by atoms with Crippen LogP contribution in [0.4, 0.5) is 26.3 Å². The SMILES string of the molecule is CN1[C@@H](CC(=O)CBr)C(=O)OC1(C(F)(F)F)C(F)(F)F. The van der Waals surface area contributed by atoms with Gasteiger partial charge in [-0.05, 0) is 7.05 Å². The van der Waals surface area contributed by atoms with Gasteiger partial charge in [0.15, 0.2) is 0 Å². The van der Waals surface area contributed by atoms with Gasteiger partial charge in [-0.1, -0.05) is 15.9 Å². The fraction of sp³-hybridized carbons (Fsp3) is 0.778. The lowest BCUT2D eigenvalue weighted by Crippen LogP contribution is -2.65. The molecule has 4 nitrogen and oxygen atoms in total. The molecule has 0 bridgehead atoms. The van der Waals surface area contributed by atoms with Crippen molar-refractivity contribution in [1.82, 2.24) is 4.90 Å². The first kappa shape index (κ1) is 17.2. The molecule has 0 aliphatic carbocycles. The summed E-state index contributed by atoms with van der Waals surface area (Å²) in [6, 6.07) is -1.94. The number of cyclic esters (lactones) is 1. The van der Waals surface area contributed by atoms with Crippen LogP contribution in [0.15, 0.2) is 0 Å². The molecule has 1 rings (SSSR count). The molecule has 0 unspecified atom stereocenters. The number of ketones is 1. The smallest absolute Gasteiger partial charge is 0.423 e. The van der Waals surface area contributed by atoms with E-state index in [1.807, 2.05) is 0 Å². The van der Waals surface area contributed by atoms with Crippen LogP contribution in [-0.4, -0.2) is 53.1 Å². The van der Waals surface area contributed by atoms with E-state index in [0.29, 0.717) is 7.05 Å². The van der Waals surface area contributed by atoms with E-state index in [2.05, 4.69) is 20.7 Å². The average Bonchev–Trinajstić information content (AvgIpc) is 2.52. The first-order valence-electron chi connectivity index (χ1n) is 5.05. The van der Waals surface area contributed by atoms with Crippen molar-refractivity contribution in [2.24, 2.45) is 0 Å². The quantitative estimate of drug-likeness (QED) is 0.432. The number of nitrogens with zero attached hydrogens (tertiary/aromatic N) is 1. The fourth-order valence-corrected chi connectivity index (χ4v) is 2.06. The summed E-state index contributed by atoms with van der Waals surface area (Å²) in [6.45, 7) is 0. The van der Waals surface area contributed by atoms with Crippen LogP contribution < -0.4 is 0 Å². The minimum atomic E-state index is -5.89. The number of hydrogen-bond donors (Lipinski definition) is 0. The van der Waals surface area contributed by atoms with Crippen molar-refractivity contribution in [3.63, 3.8) is 0 Å². The van der Waals surface area contributed by atoms with E-state index >= 15 is 0 Å². The summed E-state index contributed by atoms with van der Waals surface area (Å²) in [4.78, 5) is 22.1. The second-order valence-electron chi connectivity index (χ2n) is 4.06. The van der Waals surface area contributed by atoms with Crippen molar-refractivity contribution in [3.05, 3.63) is 0 Å². The summed E-state index contributed by atoms with van der Waals surface area (Å²) in [5.41, 5.74) is -4.73. The minimum Gasteiger partial charge on any atom is -0.423 e. The fourth-order valence-electron chi connectivity index (χ4n) is 1.83. The monoisotopic (exact) mass is 371 g/mol. The van der Waals surface area contributed by atoms with E-state index in [9.17, 15) is 35.9 Å². The van der Waals surface area contributed by atoms with Gasteiger partial charge in [-0.3, -0.25) is 9.59 Å². The Balaban J connectivity index is 3.25. The largest absolute Gasteiger partial charge is 0.453 e. The van der Waals surface area contributed by atoms with Crippen LogP contribution in [0.2, 0.25) is 0 Å². The number of ether oxygens (including phenoxy) is 1. The molecule has 1 aliphatic heterocycles. The molecule has 0 aromatic heterocycles. The third-order valence-electron chi connectivity index (χ3n) is 2.82. The standard InChI is InChI=1S/C9H8BrF6NO3/c1-17-5(2-4(18)3-10)6(19)20-7(17,8(11,12)13)9(14,15)16/h5H,2-3H2,1H3/t5-/m0/s1. The van der Waals surface area contributed by atoms with Gasteiger partial charge in [0.25, 0.3) is 0 Å². The Morgan fingerprint density at radius 1 is 1.30 bits per heavy atom. The maximum Gasteiger partial charge on any atom is 0.453 e. The molecule has 11 heteroatoms. The van der Waals surface area contributed by atoms with E-state index in [4.69, 9.17) is 0 Å². The van der Waals surface area contributed by atoms with Gasteiger partial charge < -0.3 is 4.74 Å². The second-order valence-corrected chi connectivity index (χ2v) is 4.62. The lowest BCUT2D eigenvalue weighted by Gasteiger charge is -2.37. The van der Waals surface area contributed by atoms with Crippen molar-refractivity contribution in [1.29, 1.82) is 0 Å². The van der Waals surface area contributed by atoms with E-state index in [-0.39, 0.29) is 10.2 Å². The van der Waals surface area contributed by atoms with Crippen LogP contribution in [0, 0.1) is 0 Å². The molecular formula is C9H8BrF6NO3. The molecule has 0 radical (unpaired) electrons. The van der Waals surface area contributed by atoms with Crippen molar-refractivity contribution in [2.75, 3.05) is 12.4 Å². The van der Waals surface area contributed by atoms with Gasteiger partial charge in [0.1, 0.15) is 11.8 Å². The summed E-state index contributed by atoms with van der Waals surface area (Å²) in [5, 5.41) is -0.296. The zero-order valence-corrected chi connectivity index (χ0v) is 11.4. The number of carbonyl (C=O) groups is 2. The second kappa shape index (κ2) is 5.17. The Hall–Kier alpha value is -0.840. The van der Waals surface area contributed by atoms with Crippen molar-refractivity contribution < 1.29 is 40.7 Å². The lowest BCUT2D eigenvalue weighted by atomic mass is 10.1. The van der Waals surface area contributed by atoms with Gasteiger partial charge in [0.2, 0.25) is 0 Å².